The van der Waals surface area contributed by atoms with E-state index in [9.17, 15) is 9.59 Å². The van der Waals surface area contributed by atoms with Crippen LogP contribution in [0.3, 0.4) is 0 Å². The molecule has 0 spiro atoms. The van der Waals surface area contributed by atoms with Crippen molar-refractivity contribution in [3.05, 3.63) is 29.8 Å². The number of methoxy groups -OCH3 is 1. The van der Waals surface area contributed by atoms with Gasteiger partial charge in [-0.3, -0.25) is 9.59 Å². The Morgan fingerprint density at radius 3 is 2.56 bits per heavy atom. The molecule has 0 radical (unpaired) electrons. The van der Waals surface area contributed by atoms with Crippen LogP contribution in [0.5, 0.6) is 0 Å². The Morgan fingerprint density at radius 2 is 2.00 bits per heavy atom. The fourth-order valence-corrected chi connectivity index (χ4v) is 3.69. The van der Waals surface area contributed by atoms with Crippen molar-refractivity contribution >= 4 is 36.0 Å². The molecule has 7 heteroatoms. The third-order valence-electron chi connectivity index (χ3n) is 4.73. The van der Waals surface area contributed by atoms with Crippen molar-refractivity contribution in [2.24, 2.45) is 17.6 Å². The van der Waals surface area contributed by atoms with Crippen molar-refractivity contribution in [3.63, 3.8) is 0 Å². The number of ether oxygens (including phenoxy) is 1. The number of amides is 1. The Bertz CT molecular complexity index is 568. The molecule has 25 heavy (non-hydrogen) atoms. The molecule has 1 aromatic carbocycles. The Morgan fingerprint density at radius 1 is 1.32 bits per heavy atom. The molecule has 5 nitrogen and oxygen atoms in total. The first kappa shape index (κ1) is 21.8. The number of carbonyl (C=O) groups is 2. The quantitative estimate of drug-likeness (QED) is 0.556. The molecule has 1 aliphatic carbocycles. The Hall–Kier alpha value is -1.24. The Labute approximate surface area is 159 Å². The van der Waals surface area contributed by atoms with Gasteiger partial charge in [-0.05, 0) is 49.3 Å². The molecule has 0 aliphatic heterocycles. The van der Waals surface area contributed by atoms with Crippen molar-refractivity contribution in [3.8, 4) is 0 Å². The molecule has 3 atom stereocenters. The van der Waals surface area contributed by atoms with Crippen LogP contribution in [0.15, 0.2) is 29.2 Å². The van der Waals surface area contributed by atoms with Crippen molar-refractivity contribution in [1.82, 2.24) is 5.32 Å². The lowest BCUT2D eigenvalue weighted by Gasteiger charge is -2.23. The number of halogens is 1. The summed E-state index contributed by atoms with van der Waals surface area (Å²) in [6, 6.07) is 7.52. The van der Waals surface area contributed by atoms with Gasteiger partial charge in [-0.15, -0.1) is 24.2 Å². The lowest BCUT2D eigenvalue weighted by atomic mass is 9.94. The van der Waals surface area contributed by atoms with Crippen LogP contribution < -0.4 is 11.1 Å². The zero-order chi connectivity index (χ0) is 17.5. The summed E-state index contributed by atoms with van der Waals surface area (Å²) in [7, 11) is 1.36. The minimum atomic E-state index is -0.375. The molecule has 1 aromatic rings. The van der Waals surface area contributed by atoms with E-state index in [1.54, 1.807) is 11.8 Å². The Balaban J connectivity index is 0.00000312. The summed E-state index contributed by atoms with van der Waals surface area (Å²) in [6.45, 7) is 0.530. The molecule has 1 fully saturated rings. The van der Waals surface area contributed by atoms with Gasteiger partial charge in [0.05, 0.1) is 19.6 Å². The molecule has 2 rings (SSSR count). The van der Waals surface area contributed by atoms with Crippen LogP contribution in [0, 0.1) is 11.8 Å². The third-order valence-corrected chi connectivity index (χ3v) is 5.48. The normalized spacial score (nSPS) is 20.4. The van der Waals surface area contributed by atoms with Gasteiger partial charge < -0.3 is 15.8 Å². The number of esters is 1. The van der Waals surface area contributed by atoms with E-state index in [1.807, 2.05) is 30.5 Å². The molecule has 1 saturated carbocycles. The van der Waals surface area contributed by atoms with E-state index in [-0.39, 0.29) is 48.6 Å². The zero-order valence-electron chi connectivity index (χ0n) is 14.7. The van der Waals surface area contributed by atoms with Crippen LogP contribution >= 0.6 is 24.2 Å². The second-order valence-electron chi connectivity index (χ2n) is 6.15. The van der Waals surface area contributed by atoms with Gasteiger partial charge in [-0.2, -0.15) is 0 Å². The first-order chi connectivity index (χ1) is 11.6. The summed E-state index contributed by atoms with van der Waals surface area (Å²) < 4.78 is 4.78. The molecular formula is C18H27ClN2O3S. The molecule has 0 aromatic heterocycles. The molecule has 1 amide bonds. The fraction of sp³-hybridized carbons (Fsp3) is 0.556. The van der Waals surface area contributed by atoms with Crippen molar-refractivity contribution in [2.75, 3.05) is 19.9 Å². The fourth-order valence-electron chi connectivity index (χ4n) is 3.28. The number of benzene rings is 1. The van der Waals surface area contributed by atoms with Crippen molar-refractivity contribution < 1.29 is 14.3 Å². The number of hydrogen-bond acceptors (Lipinski definition) is 5. The molecule has 1 aliphatic rings. The standard InChI is InChI=1S/C18H26N2O3S.ClH/c1-23-17(21)10-16(12-6-8-14(24-2)9-7-12)20-18(22)15-5-3-4-13(15)11-19;/h6-9,13,15-16H,3-5,10-11,19H2,1-2H3,(H,20,22);1H/t13-,15-,16?;/m1./s1. The molecule has 1 unspecified atom stereocenters. The van der Waals surface area contributed by atoms with Crippen LogP contribution in [-0.2, 0) is 14.3 Å². The first-order valence-corrected chi connectivity index (χ1v) is 9.52. The smallest absolute Gasteiger partial charge is 0.307 e. The summed E-state index contributed by atoms with van der Waals surface area (Å²) in [6.07, 6.45) is 5.03. The summed E-state index contributed by atoms with van der Waals surface area (Å²) in [5.41, 5.74) is 6.69. The molecule has 140 valence electrons. The van der Waals surface area contributed by atoms with Gasteiger partial charge in [-0.25, -0.2) is 0 Å². The van der Waals surface area contributed by atoms with Gasteiger partial charge in [0, 0.05) is 10.8 Å². The lowest BCUT2D eigenvalue weighted by Crippen LogP contribution is -2.38. The van der Waals surface area contributed by atoms with E-state index < -0.39 is 0 Å². The molecule has 0 bridgehead atoms. The maximum absolute atomic E-state index is 12.7. The maximum atomic E-state index is 12.7. The van der Waals surface area contributed by atoms with Gasteiger partial charge in [-0.1, -0.05) is 18.6 Å². The van der Waals surface area contributed by atoms with Crippen LogP contribution in [0.4, 0.5) is 0 Å². The SMILES string of the molecule is COC(=O)CC(NC(=O)[C@@H]1CCC[C@@H]1CN)c1ccc(SC)cc1.Cl. The van der Waals surface area contributed by atoms with Gasteiger partial charge in [0.25, 0.3) is 0 Å². The highest BCUT2D eigenvalue weighted by Gasteiger charge is 2.33. The highest BCUT2D eigenvalue weighted by molar-refractivity contribution is 7.98. The van der Waals surface area contributed by atoms with Crippen LogP contribution in [0.2, 0.25) is 0 Å². The van der Waals surface area contributed by atoms with Crippen LogP contribution in [0.25, 0.3) is 0 Å². The highest BCUT2D eigenvalue weighted by Crippen LogP contribution is 2.32. The van der Waals surface area contributed by atoms with Crippen molar-refractivity contribution in [1.29, 1.82) is 0 Å². The van der Waals surface area contributed by atoms with Gasteiger partial charge >= 0.3 is 5.97 Å². The molecule has 3 N–H and O–H groups in total. The van der Waals surface area contributed by atoms with Gasteiger partial charge in [0.15, 0.2) is 0 Å². The first-order valence-electron chi connectivity index (χ1n) is 8.30. The van der Waals surface area contributed by atoms with E-state index in [0.717, 1.165) is 29.7 Å². The number of carbonyl (C=O) groups excluding carboxylic acids is 2. The topological polar surface area (TPSA) is 81.4 Å². The van der Waals surface area contributed by atoms with Crippen LogP contribution in [-0.4, -0.2) is 31.8 Å². The number of thioether (sulfide) groups is 1. The van der Waals surface area contributed by atoms with Crippen molar-refractivity contribution in [2.45, 2.75) is 36.6 Å². The van der Waals surface area contributed by atoms with Crippen LogP contribution in [0.1, 0.15) is 37.3 Å². The third kappa shape index (κ3) is 5.90. The number of nitrogens with one attached hydrogen (secondary N) is 1. The lowest BCUT2D eigenvalue weighted by molar-refractivity contribution is -0.141. The minimum Gasteiger partial charge on any atom is -0.469 e. The summed E-state index contributed by atoms with van der Waals surface area (Å²) in [5.74, 6) is -0.162. The predicted molar refractivity (Wildman–Crippen MR) is 103 cm³/mol. The van der Waals surface area contributed by atoms with Gasteiger partial charge in [0.1, 0.15) is 0 Å². The van der Waals surface area contributed by atoms with Gasteiger partial charge in [0.2, 0.25) is 5.91 Å². The average Bonchev–Trinajstić information content (AvgIpc) is 3.10. The second-order valence-corrected chi connectivity index (χ2v) is 7.03. The predicted octanol–water partition coefficient (Wildman–Crippen LogP) is 2.93. The number of hydrogen-bond donors (Lipinski definition) is 2. The zero-order valence-corrected chi connectivity index (χ0v) is 16.3. The van der Waals surface area contributed by atoms with E-state index in [1.165, 1.54) is 7.11 Å². The summed E-state index contributed by atoms with van der Waals surface area (Å²) in [4.78, 5) is 25.6. The maximum Gasteiger partial charge on any atom is 0.307 e. The second kappa shape index (κ2) is 10.7. The number of nitrogens with two attached hydrogens (primary N) is 1. The highest BCUT2D eigenvalue weighted by atomic mass is 35.5. The van der Waals surface area contributed by atoms with E-state index in [2.05, 4.69) is 5.32 Å². The molecule has 0 heterocycles. The summed E-state index contributed by atoms with van der Waals surface area (Å²) in [5, 5.41) is 3.04. The average molecular weight is 387 g/mol. The molecule has 0 saturated heterocycles. The summed E-state index contributed by atoms with van der Waals surface area (Å²) >= 11 is 1.65. The molecular weight excluding hydrogens is 360 g/mol. The van der Waals surface area contributed by atoms with E-state index >= 15 is 0 Å². The Kier molecular flexibility index (Phi) is 9.32. The minimum absolute atomic E-state index is 0. The van der Waals surface area contributed by atoms with E-state index in [0.29, 0.717) is 6.54 Å². The monoisotopic (exact) mass is 386 g/mol. The van der Waals surface area contributed by atoms with E-state index in [4.69, 9.17) is 10.5 Å². The number of rotatable bonds is 7. The largest absolute Gasteiger partial charge is 0.469 e.